The Bertz CT molecular complexity index is 202. The van der Waals surface area contributed by atoms with Gasteiger partial charge in [0.15, 0.2) is 5.79 Å². The minimum absolute atomic E-state index is 0.272. The van der Waals surface area contributed by atoms with Gasteiger partial charge < -0.3 is 9.47 Å². The van der Waals surface area contributed by atoms with E-state index in [0.29, 0.717) is 9.97 Å². The van der Waals surface area contributed by atoms with Crippen LogP contribution < -0.4 is 0 Å². The molecule has 2 rings (SSSR count). The van der Waals surface area contributed by atoms with Crippen LogP contribution in [0.25, 0.3) is 0 Å². The van der Waals surface area contributed by atoms with E-state index in [1.54, 1.807) is 0 Å². The molecule has 14 heavy (non-hydrogen) atoms. The lowest BCUT2D eigenvalue weighted by molar-refractivity contribution is -0.253. The van der Waals surface area contributed by atoms with Gasteiger partial charge >= 0.3 is 0 Å². The summed E-state index contributed by atoms with van der Waals surface area (Å²) >= 11 is 2.38. The molecule has 2 aliphatic rings. The highest BCUT2D eigenvalue weighted by molar-refractivity contribution is 14.1. The summed E-state index contributed by atoms with van der Waals surface area (Å²) in [4.78, 5) is 2.42. The summed E-state index contributed by atoms with van der Waals surface area (Å²) in [5.41, 5.74) is 0. The maximum Gasteiger partial charge on any atom is 0.182 e. The normalized spacial score (nSPS) is 39.9. The van der Waals surface area contributed by atoms with Crippen molar-refractivity contribution in [1.82, 2.24) is 4.90 Å². The maximum absolute atomic E-state index is 5.85. The predicted molar refractivity (Wildman–Crippen MR) is 63.8 cm³/mol. The molecule has 0 bridgehead atoms. The lowest BCUT2D eigenvalue weighted by atomic mass is 10.2. The topological polar surface area (TPSA) is 21.7 Å². The molecule has 0 saturated carbocycles. The summed E-state index contributed by atoms with van der Waals surface area (Å²) in [7, 11) is 0. The number of rotatable bonds is 1. The van der Waals surface area contributed by atoms with Gasteiger partial charge in [0.05, 0.1) is 23.7 Å². The molecule has 4 heteroatoms. The smallest absolute Gasteiger partial charge is 0.182 e. The van der Waals surface area contributed by atoms with Crippen molar-refractivity contribution in [3.63, 3.8) is 0 Å². The molecular weight excluding hydrogens is 293 g/mol. The number of ether oxygens (including phenoxy) is 2. The number of likely N-dealkylation sites (tertiary alicyclic amines) is 1. The van der Waals surface area contributed by atoms with Crippen molar-refractivity contribution in [3.8, 4) is 0 Å². The van der Waals surface area contributed by atoms with E-state index in [9.17, 15) is 0 Å². The van der Waals surface area contributed by atoms with Gasteiger partial charge in [-0.25, -0.2) is 0 Å². The van der Waals surface area contributed by atoms with Crippen LogP contribution in [0.15, 0.2) is 0 Å². The summed E-state index contributed by atoms with van der Waals surface area (Å²) in [5, 5.41) is 0. The zero-order valence-electron chi connectivity index (χ0n) is 8.83. The number of nitrogens with zero attached hydrogens (tertiary/aromatic N) is 1. The van der Waals surface area contributed by atoms with Gasteiger partial charge in [-0.15, -0.1) is 0 Å². The molecule has 2 saturated heterocycles. The molecule has 82 valence electrons. The van der Waals surface area contributed by atoms with E-state index in [0.717, 1.165) is 32.7 Å². The molecule has 0 atom stereocenters. The molecule has 0 aromatic carbocycles. The third kappa shape index (κ3) is 2.23. The molecule has 1 spiro atoms. The standard InChI is InChI=1S/C10H18INO2/c1-8(2)12-4-3-10(7-12)13-5-9(11)6-14-10/h8-9H,3-7H2,1-2H3. The van der Waals surface area contributed by atoms with Crippen molar-refractivity contribution in [2.75, 3.05) is 26.3 Å². The van der Waals surface area contributed by atoms with E-state index in [-0.39, 0.29) is 5.79 Å². The van der Waals surface area contributed by atoms with Gasteiger partial charge in [-0.05, 0) is 13.8 Å². The van der Waals surface area contributed by atoms with Gasteiger partial charge in [0.2, 0.25) is 0 Å². The van der Waals surface area contributed by atoms with Gasteiger partial charge in [0.1, 0.15) is 0 Å². The van der Waals surface area contributed by atoms with E-state index in [4.69, 9.17) is 9.47 Å². The Kier molecular flexibility index (Phi) is 3.36. The minimum atomic E-state index is -0.272. The van der Waals surface area contributed by atoms with E-state index < -0.39 is 0 Å². The van der Waals surface area contributed by atoms with Gasteiger partial charge in [0.25, 0.3) is 0 Å². The largest absolute Gasteiger partial charge is 0.347 e. The first-order chi connectivity index (χ1) is 6.61. The third-order valence-corrected chi connectivity index (χ3v) is 3.73. The van der Waals surface area contributed by atoms with Gasteiger partial charge in [-0.2, -0.15) is 0 Å². The zero-order chi connectivity index (χ0) is 10.2. The monoisotopic (exact) mass is 311 g/mol. The first-order valence-electron chi connectivity index (χ1n) is 5.27. The lowest BCUT2D eigenvalue weighted by Gasteiger charge is -2.36. The fourth-order valence-corrected chi connectivity index (χ4v) is 2.39. The molecule has 0 aromatic heterocycles. The van der Waals surface area contributed by atoms with Crippen LogP contribution in [-0.2, 0) is 9.47 Å². The molecule has 0 amide bonds. The van der Waals surface area contributed by atoms with Crippen molar-refractivity contribution >= 4 is 22.6 Å². The first-order valence-corrected chi connectivity index (χ1v) is 6.52. The molecule has 2 aliphatic heterocycles. The number of halogens is 1. The van der Waals surface area contributed by atoms with Crippen molar-refractivity contribution in [2.45, 2.75) is 36.0 Å². The second kappa shape index (κ2) is 4.23. The zero-order valence-corrected chi connectivity index (χ0v) is 11.0. The van der Waals surface area contributed by atoms with Crippen molar-refractivity contribution < 1.29 is 9.47 Å². The number of hydrogen-bond acceptors (Lipinski definition) is 3. The Labute approximate surface area is 99.3 Å². The summed E-state index contributed by atoms with van der Waals surface area (Å²) < 4.78 is 12.2. The predicted octanol–water partition coefficient (Wildman–Crippen LogP) is 1.65. The molecule has 0 aliphatic carbocycles. The fraction of sp³-hybridized carbons (Fsp3) is 1.00. The second-order valence-corrected chi connectivity index (χ2v) is 6.21. The van der Waals surface area contributed by atoms with Gasteiger partial charge in [0, 0.05) is 19.0 Å². The molecule has 0 N–H and O–H groups in total. The van der Waals surface area contributed by atoms with E-state index in [2.05, 4.69) is 41.3 Å². The Hall–Kier alpha value is 0.610. The average molecular weight is 311 g/mol. The van der Waals surface area contributed by atoms with E-state index >= 15 is 0 Å². The van der Waals surface area contributed by atoms with E-state index in [1.165, 1.54) is 0 Å². The Balaban J connectivity index is 1.93. The maximum atomic E-state index is 5.85. The fourth-order valence-electron chi connectivity index (χ4n) is 2.03. The second-order valence-electron chi connectivity index (χ2n) is 4.44. The molecule has 0 aromatic rings. The van der Waals surface area contributed by atoms with Crippen LogP contribution >= 0.6 is 22.6 Å². The van der Waals surface area contributed by atoms with Crippen molar-refractivity contribution in [1.29, 1.82) is 0 Å². The van der Waals surface area contributed by atoms with Crippen LogP contribution in [0.5, 0.6) is 0 Å². The SMILES string of the molecule is CC(C)N1CCC2(C1)OCC(I)CO2. The van der Waals surface area contributed by atoms with Gasteiger partial charge in [-0.1, -0.05) is 22.6 Å². The summed E-state index contributed by atoms with van der Waals surface area (Å²) in [6.45, 7) is 8.17. The quantitative estimate of drug-likeness (QED) is 0.543. The molecule has 0 radical (unpaired) electrons. The van der Waals surface area contributed by atoms with Gasteiger partial charge in [-0.3, -0.25) is 4.90 Å². The Morgan fingerprint density at radius 1 is 1.36 bits per heavy atom. The van der Waals surface area contributed by atoms with Crippen molar-refractivity contribution in [2.24, 2.45) is 0 Å². The number of alkyl halides is 1. The Morgan fingerprint density at radius 3 is 2.50 bits per heavy atom. The highest BCUT2D eigenvalue weighted by Crippen LogP contribution is 2.32. The highest BCUT2D eigenvalue weighted by atomic mass is 127. The molecule has 0 unspecified atom stereocenters. The van der Waals surface area contributed by atoms with Crippen molar-refractivity contribution in [3.05, 3.63) is 0 Å². The summed E-state index contributed by atoms with van der Waals surface area (Å²) in [6.07, 6.45) is 1.02. The molecule has 2 fully saturated rings. The average Bonchev–Trinajstić information content (AvgIpc) is 2.56. The Morgan fingerprint density at radius 2 is 2.00 bits per heavy atom. The lowest BCUT2D eigenvalue weighted by Crippen LogP contribution is -2.47. The minimum Gasteiger partial charge on any atom is -0.347 e. The third-order valence-electron chi connectivity index (χ3n) is 3.01. The number of hydrogen-bond donors (Lipinski definition) is 0. The van der Waals surface area contributed by atoms with Crippen LogP contribution in [0, 0.1) is 0 Å². The first kappa shape index (κ1) is 11.1. The van der Waals surface area contributed by atoms with E-state index in [1.807, 2.05) is 0 Å². The molecule has 3 nitrogen and oxygen atoms in total. The molecular formula is C10H18INO2. The van der Waals surface area contributed by atoms with Crippen LogP contribution in [0.4, 0.5) is 0 Å². The van der Waals surface area contributed by atoms with Crippen LogP contribution in [0.1, 0.15) is 20.3 Å². The molecule has 2 heterocycles. The van der Waals surface area contributed by atoms with Crippen LogP contribution in [0.2, 0.25) is 0 Å². The van der Waals surface area contributed by atoms with Crippen LogP contribution in [0.3, 0.4) is 0 Å². The van der Waals surface area contributed by atoms with Crippen LogP contribution in [-0.4, -0.2) is 47.0 Å². The summed E-state index contributed by atoms with van der Waals surface area (Å²) in [6, 6.07) is 0.596. The highest BCUT2D eigenvalue weighted by Gasteiger charge is 2.43. The summed E-state index contributed by atoms with van der Waals surface area (Å²) in [5.74, 6) is -0.272.